The third-order valence-corrected chi connectivity index (χ3v) is 6.82. The van der Waals surface area contributed by atoms with Gasteiger partial charge in [0.1, 0.15) is 5.70 Å². The van der Waals surface area contributed by atoms with E-state index < -0.39 is 24.0 Å². The highest BCUT2D eigenvalue weighted by atomic mass is 32.2. The van der Waals surface area contributed by atoms with E-state index in [4.69, 9.17) is 5.73 Å². The van der Waals surface area contributed by atoms with Gasteiger partial charge in [0.05, 0.1) is 18.1 Å². The molecule has 0 radical (unpaired) electrons. The van der Waals surface area contributed by atoms with E-state index in [2.05, 4.69) is 10.6 Å². The highest BCUT2D eigenvalue weighted by Crippen LogP contribution is 2.51. The van der Waals surface area contributed by atoms with Gasteiger partial charge in [-0.25, -0.2) is 9.59 Å². The Bertz CT molecular complexity index is 667. The first-order valence-electron chi connectivity index (χ1n) is 8.64. The minimum absolute atomic E-state index is 0.0492. The molecule has 6 atom stereocenters. The third kappa shape index (κ3) is 3.17. The van der Waals surface area contributed by atoms with Crippen molar-refractivity contribution in [1.82, 2.24) is 15.5 Å². The molecule has 2 saturated heterocycles. The van der Waals surface area contributed by atoms with Crippen LogP contribution in [0.4, 0.5) is 4.79 Å². The van der Waals surface area contributed by atoms with Gasteiger partial charge in [0, 0.05) is 35.2 Å². The summed E-state index contributed by atoms with van der Waals surface area (Å²) in [6.07, 6.45) is -0.0463. The molecule has 0 spiro atoms. The fraction of sp³-hybridized carbons (Fsp3) is 0.688. The molecule has 3 rings (SSSR count). The van der Waals surface area contributed by atoms with E-state index in [1.54, 1.807) is 6.92 Å². The van der Waals surface area contributed by atoms with Crippen LogP contribution in [-0.4, -0.2) is 69.5 Å². The molecule has 6 N–H and O–H groups in total. The number of β-lactam (4-membered cyclic amide) rings is 1. The topological polar surface area (TPSA) is 145 Å². The summed E-state index contributed by atoms with van der Waals surface area (Å²) in [6, 6.07) is -0.789. The van der Waals surface area contributed by atoms with Crippen LogP contribution in [-0.2, 0) is 9.59 Å². The number of carbonyl (C=O) groups excluding carboxylic acids is 2. The number of aliphatic hydroxyl groups is 1. The molecule has 0 bridgehead atoms. The lowest BCUT2D eigenvalue weighted by molar-refractivity contribution is -0.163. The number of carboxylic acids is 1. The van der Waals surface area contributed by atoms with E-state index in [1.165, 1.54) is 16.7 Å². The first-order chi connectivity index (χ1) is 12.2. The van der Waals surface area contributed by atoms with Crippen LogP contribution in [0.25, 0.3) is 0 Å². The molecule has 0 saturated carbocycles. The average molecular weight is 384 g/mol. The SMILES string of the molecule is C[C@@H](O)[C@H]1C(=O)N2C(C(=O)O)=C(S[C@@H]3CN[C@H](CNC(N)=O)C3)[C@H](C)[C@H]12. The van der Waals surface area contributed by atoms with Gasteiger partial charge in [-0.2, -0.15) is 0 Å². The van der Waals surface area contributed by atoms with E-state index in [0.29, 0.717) is 18.0 Å². The second-order valence-corrected chi connectivity index (χ2v) is 8.44. The lowest BCUT2D eigenvalue weighted by atomic mass is 9.79. The zero-order valence-corrected chi connectivity index (χ0v) is 15.5. The Morgan fingerprint density at radius 2 is 2.19 bits per heavy atom. The highest BCUT2D eigenvalue weighted by Gasteiger charge is 2.60. The minimum atomic E-state index is -1.11. The van der Waals surface area contributed by atoms with Crippen molar-refractivity contribution >= 4 is 29.7 Å². The van der Waals surface area contributed by atoms with E-state index in [-0.39, 0.29) is 34.9 Å². The number of nitrogens with two attached hydrogens (primary N) is 1. The molecule has 0 aromatic carbocycles. The molecule has 0 aromatic rings. The Morgan fingerprint density at radius 1 is 1.50 bits per heavy atom. The molecule has 3 aliphatic heterocycles. The molecule has 3 heterocycles. The van der Waals surface area contributed by atoms with E-state index in [9.17, 15) is 24.6 Å². The maximum absolute atomic E-state index is 12.3. The summed E-state index contributed by atoms with van der Waals surface area (Å²) in [6.45, 7) is 4.57. The number of hydrogen-bond acceptors (Lipinski definition) is 6. The lowest BCUT2D eigenvalue weighted by Gasteiger charge is -2.46. The average Bonchev–Trinajstić information content (AvgIpc) is 3.08. The second kappa shape index (κ2) is 7.09. The fourth-order valence-electron chi connectivity index (χ4n) is 4.11. The summed E-state index contributed by atoms with van der Waals surface area (Å²) in [5.41, 5.74) is 5.13. The Morgan fingerprint density at radius 3 is 2.77 bits per heavy atom. The van der Waals surface area contributed by atoms with E-state index in [1.807, 2.05) is 6.92 Å². The van der Waals surface area contributed by atoms with Gasteiger partial charge in [-0.3, -0.25) is 4.79 Å². The van der Waals surface area contributed by atoms with Crippen molar-refractivity contribution in [3.63, 3.8) is 0 Å². The van der Waals surface area contributed by atoms with Crippen molar-refractivity contribution in [3.8, 4) is 0 Å². The van der Waals surface area contributed by atoms with Crippen LogP contribution in [0.5, 0.6) is 0 Å². The third-order valence-electron chi connectivity index (χ3n) is 5.31. The lowest BCUT2D eigenvalue weighted by Crippen LogP contribution is -2.63. The zero-order chi connectivity index (χ0) is 19.2. The van der Waals surface area contributed by atoms with Gasteiger partial charge in [-0.15, -0.1) is 11.8 Å². The number of carboxylic acid groups (broad SMARTS) is 1. The molecule has 9 nitrogen and oxygen atoms in total. The van der Waals surface area contributed by atoms with Crippen LogP contribution in [0.15, 0.2) is 10.6 Å². The number of amides is 3. The zero-order valence-electron chi connectivity index (χ0n) is 14.6. The minimum Gasteiger partial charge on any atom is -0.477 e. The summed E-state index contributed by atoms with van der Waals surface area (Å²) in [4.78, 5) is 36.9. The first-order valence-corrected chi connectivity index (χ1v) is 9.52. The van der Waals surface area contributed by atoms with Crippen LogP contribution >= 0.6 is 11.8 Å². The van der Waals surface area contributed by atoms with Gasteiger partial charge >= 0.3 is 12.0 Å². The van der Waals surface area contributed by atoms with Gasteiger partial charge in [-0.1, -0.05) is 6.92 Å². The summed E-state index contributed by atoms with van der Waals surface area (Å²) >= 11 is 1.48. The first kappa shape index (κ1) is 19.0. The monoisotopic (exact) mass is 384 g/mol. The number of thioether (sulfide) groups is 1. The van der Waals surface area contributed by atoms with Crippen LogP contribution in [0.1, 0.15) is 20.3 Å². The Balaban J connectivity index is 1.72. The van der Waals surface area contributed by atoms with E-state index >= 15 is 0 Å². The molecule has 3 amide bonds. The quantitative estimate of drug-likeness (QED) is 0.380. The summed E-state index contributed by atoms with van der Waals surface area (Å²) < 4.78 is 0. The smallest absolute Gasteiger partial charge is 0.353 e. The highest BCUT2D eigenvalue weighted by molar-refractivity contribution is 8.03. The Kier molecular flexibility index (Phi) is 5.18. The predicted octanol–water partition coefficient (Wildman–Crippen LogP) is -0.728. The van der Waals surface area contributed by atoms with Crippen LogP contribution < -0.4 is 16.4 Å². The van der Waals surface area contributed by atoms with Crippen molar-refractivity contribution in [1.29, 1.82) is 0 Å². The molecular formula is C16H24N4O5S. The second-order valence-electron chi connectivity index (χ2n) is 7.10. The Hall–Kier alpha value is -1.78. The number of urea groups is 1. The van der Waals surface area contributed by atoms with Gasteiger partial charge in [-0.05, 0) is 13.3 Å². The molecule has 2 fully saturated rings. The van der Waals surface area contributed by atoms with Crippen LogP contribution in [0.3, 0.4) is 0 Å². The molecule has 26 heavy (non-hydrogen) atoms. The van der Waals surface area contributed by atoms with Gasteiger partial charge < -0.3 is 31.5 Å². The number of aliphatic carboxylic acids is 1. The standard InChI is InChI=1S/C16H24N4O5S/c1-6-11-10(7(2)21)14(22)20(11)12(15(23)24)13(6)26-9-3-8(18-5-9)4-19-16(17)25/h6-11,18,21H,3-5H2,1-2H3,(H,23,24)(H3,17,19,25)/t6-,7-,8+,9+,10-,11-/m1/s1. The molecule has 0 unspecified atom stereocenters. The van der Waals surface area contributed by atoms with Crippen molar-refractivity contribution in [2.45, 2.75) is 43.7 Å². The number of rotatable bonds is 6. The predicted molar refractivity (Wildman–Crippen MR) is 95.0 cm³/mol. The number of aliphatic hydroxyl groups excluding tert-OH is 1. The molecule has 0 aliphatic carbocycles. The number of primary amides is 1. The number of fused-ring (bicyclic) bond motifs is 1. The molecule has 10 heteroatoms. The van der Waals surface area contributed by atoms with Crippen molar-refractivity contribution < 1.29 is 24.6 Å². The molecular weight excluding hydrogens is 360 g/mol. The van der Waals surface area contributed by atoms with Crippen molar-refractivity contribution in [2.75, 3.05) is 13.1 Å². The summed E-state index contributed by atoms with van der Waals surface area (Å²) in [7, 11) is 0. The summed E-state index contributed by atoms with van der Waals surface area (Å²) in [5, 5.41) is 25.5. The van der Waals surface area contributed by atoms with Gasteiger partial charge in [0.15, 0.2) is 0 Å². The van der Waals surface area contributed by atoms with E-state index in [0.717, 1.165) is 6.42 Å². The summed E-state index contributed by atoms with van der Waals surface area (Å²) in [5.74, 6) is -2.12. The maximum atomic E-state index is 12.3. The number of nitrogens with zero attached hydrogens (tertiary/aromatic N) is 1. The van der Waals surface area contributed by atoms with Crippen LogP contribution in [0.2, 0.25) is 0 Å². The molecule has 144 valence electrons. The fourth-order valence-corrected chi connectivity index (χ4v) is 5.63. The van der Waals surface area contributed by atoms with Crippen molar-refractivity contribution in [3.05, 3.63) is 10.6 Å². The number of hydrogen-bond donors (Lipinski definition) is 5. The van der Waals surface area contributed by atoms with Crippen molar-refractivity contribution in [2.24, 2.45) is 17.6 Å². The van der Waals surface area contributed by atoms with Crippen LogP contribution in [0, 0.1) is 11.8 Å². The van der Waals surface area contributed by atoms with Gasteiger partial charge in [0.25, 0.3) is 0 Å². The normalized spacial score (nSPS) is 34.5. The molecule has 0 aromatic heterocycles. The number of carbonyl (C=O) groups is 3. The maximum Gasteiger partial charge on any atom is 0.353 e. The number of nitrogens with one attached hydrogen (secondary N) is 2. The Labute approximate surface area is 155 Å². The molecule has 3 aliphatic rings. The largest absolute Gasteiger partial charge is 0.477 e. The van der Waals surface area contributed by atoms with Gasteiger partial charge in [0.2, 0.25) is 5.91 Å².